The fourth-order valence-electron chi connectivity index (χ4n) is 3.37. The van der Waals surface area contributed by atoms with Crippen LogP contribution in [0.25, 0.3) is 0 Å². The molecule has 0 radical (unpaired) electrons. The molecule has 1 heterocycles. The summed E-state index contributed by atoms with van der Waals surface area (Å²) in [4.78, 5) is 23.6. The standard InChI is InChI=1S/C14H24N2O4/c1-12(2,11(18)19)7-16-10(17)14(15)8-5-6-20-9(8)13(14,3)4/h8-9H,5-7,15H2,1-4H3,(H,16,17)(H,18,19). The second kappa shape index (κ2) is 4.43. The van der Waals surface area contributed by atoms with Crippen LogP contribution in [0.5, 0.6) is 0 Å². The second-order valence-electron chi connectivity index (χ2n) is 7.15. The van der Waals surface area contributed by atoms with Crippen molar-refractivity contribution in [1.82, 2.24) is 5.32 Å². The van der Waals surface area contributed by atoms with Crippen molar-refractivity contribution in [3.05, 3.63) is 0 Å². The molecule has 4 N–H and O–H groups in total. The number of carboxylic acids is 1. The van der Waals surface area contributed by atoms with Crippen molar-refractivity contribution in [3.8, 4) is 0 Å². The molecule has 1 aliphatic heterocycles. The lowest BCUT2D eigenvalue weighted by atomic mass is 9.48. The zero-order chi connectivity index (χ0) is 15.3. The summed E-state index contributed by atoms with van der Waals surface area (Å²) in [5.41, 5.74) is 3.94. The Morgan fingerprint density at radius 1 is 1.45 bits per heavy atom. The third-order valence-electron chi connectivity index (χ3n) is 5.10. The SMILES string of the molecule is CC(C)(CNC(=O)C1(N)C2CCOC2C1(C)C)C(=O)O. The molecule has 3 unspecified atom stereocenters. The van der Waals surface area contributed by atoms with Crippen LogP contribution in [0.15, 0.2) is 0 Å². The van der Waals surface area contributed by atoms with Crippen molar-refractivity contribution in [3.63, 3.8) is 0 Å². The Morgan fingerprint density at radius 2 is 2.05 bits per heavy atom. The zero-order valence-electron chi connectivity index (χ0n) is 12.5. The maximum Gasteiger partial charge on any atom is 0.310 e. The molecular weight excluding hydrogens is 260 g/mol. The molecule has 20 heavy (non-hydrogen) atoms. The van der Waals surface area contributed by atoms with E-state index in [-0.39, 0.29) is 24.5 Å². The first-order valence-corrected chi connectivity index (χ1v) is 6.97. The molecule has 0 aromatic rings. The van der Waals surface area contributed by atoms with Gasteiger partial charge in [-0.1, -0.05) is 13.8 Å². The third kappa shape index (κ3) is 1.85. The lowest BCUT2D eigenvalue weighted by Gasteiger charge is -2.60. The van der Waals surface area contributed by atoms with Crippen LogP contribution in [0.1, 0.15) is 34.1 Å². The summed E-state index contributed by atoms with van der Waals surface area (Å²) >= 11 is 0. The first-order chi connectivity index (χ1) is 9.05. The average molecular weight is 284 g/mol. The van der Waals surface area contributed by atoms with Crippen LogP contribution in [0, 0.1) is 16.7 Å². The molecule has 6 heteroatoms. The molecule has 1 saturated carbocycles. The summed E-state index contributed by atoms with van der Waals surface area (Å²) in [6.45, 7) is 7.71. The lowest BCUT2D eigenvalue weighted by molar-refractivity contribution is -0.175. The smallest absolute Gasteiger partial charge is 0.310 e. The van der Waals surface area contributed by atoms with Gasteiger partial charge < -0.3 is 20.9 Å². The molecule has 1 saturated heterocycles. The highest BCUT2D eigenvalue weighted by Crippen LogP contribution is 2.58. The topological polar surface area (TPSA) is 102 Å². The van der Waals surface area contributed by atoms with Gasteiger partial charge in [-0.3, -0.25) is 9.59 Å². The summed E-state index contributed by atoms with van der Waals surface area (Å²) in [5, 5.41) is 11.8. The normalized spacial score (nSPS) is 35.0. The van der Waals surface area contributed by atoms with Crippen molar-refractivity contribution < 1.29 is 19.4 Å². The Morgan fingerprint density at radius 3 is 2.60 bits per heavy atom. The van der Waals surface area contributed by atoms with Crippen LogP contribution in [0.2, 0.25) is 0 Å². The molecule has 0 aromatic carbocycles. The number of aliphatic carboxylic acids is 1. The summed E-state index contributed by atoms with van der Waals surface area (Å²) < 4.78 is 5.64. The maximum absolute atomic E-state index is 12.5. The van der Waals surface area contributed by atoms with Gasteiger partial charge in [0.15, 0.2) is 0 Å². The minimum Gasteiger partial charge on any atom is -0.481 e. The molecule has 2 aliphatic rings. The van der Waals surface area contributed by atoms with Crippen LogP contribution in [-0.2, 0) is 14.3 Å². The quantitative estimate of drug-likeness (QED) is 0.691. The molecule has 6 nitrogen and oxygen atoms in total. The Hall–Kier alpha value is -1.14. The van der Waals surface area contributed by atoms with Gasteiger partial charge in [0.25, 0.3) is 0 Å². The van der Waals surface area contributed by atoms with E-state index in [9.17, 15) is 9.59 Å². The number of carboxylic acid groups (broad SMARTS) is 1. The highest BCUT2D eigenvalue weighted by atomic mass is 16.5. The average Bonchev–Trinajstić information content (AvgIpc) is 2.82. The van der Waals surface area contributed by atoms with E-state index in [1.54, 1.807) is 13.8 Å². The molecule has 2 fully saturated rings. The Kier molecular flexibility index (Phi) is 3.38. The lowest BCUT2D eigenvalue weighted by Crippen LogP contribution is -2.80. The number of rotatable bonds is 4. The van der Waals surface area contributed by atoms with E-state index in [4.69, 9.17) is 15.6 Å². The van der Waals surface area contributed by atoms with Gasteiger partial charge in [-0.25, -0.2) is 0 Å². The maximum atomic E-state index is 12.5. The van der Waals surface area contributed by atoms with Gasteiger partial charge in [0, 0.05) is 24.5 Å². The van der Waals surface area contributed by atoms with Gasteiger partial charge in [-0.05, 0) is 20.3 Å². The molecule has 0 bridgehead atoms. The van der Waals surface area contributed by atoms with Crippen molar-refractivity contribution in [2.75, 3.05) is 13.2 Å². The third-order valence-corrected chi connectivity index (χ3v) is 5.10. The van der Waals surface area contributed by atoms with Gasteiger partial charge >= 0.3 is 5.97 Å². The van der Waals surface area contributed by atoms with E-state index < -0.39 is 22.3 Å². The number of hydrogen-bond donors (Lipinski definition) is 3. The van der Waals surface area contributed by atoms with Crippen LogP contribution in [0.4, 0.5) is 0 Å². The molecular formula is C14H24N2O4. The van der Waals surface area contributed by atoms with Crippen molar-refractivity contribution in [2.45, 2.75) is 45.8 Å². The Balaban J connectivity index is 2.08. The second-order valence-corrected chi connectivity index (χ2v) is 7.15. The van der Waals surface area contributed by atoms with Gasteiger partial charge in [0.2, 0.25) is 5.91 Å². The van der Waals surface area contributed by atoms with Crippen LogP contribution in [-0.4, -0.2) is 41.8 Å². The summed E-state index contributed by atoms with van der Waals surface area (Å²) in [7, 11) is 0. The summed E-state index contributed by atoms with van der Waals surface area (Å²) in [6, 6.07) is 0. The van der Waals surface area contributed by atoms with Crippen LogP contribution in [0.3, 0.4) is 0 Å². The first-order valence-electron chi connectivity index (χ1n) is 6.97. The van der Waals surface area contributed by atoms with Gasteiger partial charge in [0.05, 0.1) is 11.5 Å². The van der Waals surface area contributed by atoms with E-state index >= 15 is 0 Å². The number of nitrogens with two attached hydrogens (primary N) is 1. The fraction of sp³-hybridized carbons (Fsp3) is 0.857. The number of carbonyl (C=O) groups excluding carboxylic acids is 1. The van der Waals surface area contributed by atoms with Gasteiger partial charge in [0.1, 0.15) is 5.54 Å². The van der Waals surface area contributed by atoms with Gasteiger partial charge in [-0.2, -0.15) is 0 Å². The van der Waals surface area contributed by atoms with Crippen LogP contribution >= 0.6 is 0 Å². The van der Waals surface area contributed by atoms with Crippen molar-refractivity contribution >= 4 is 11.9 Å². The number of ether oxygens (including phenoxy) is 1. The van der Waals surface area contributed by atoms with Crippen LogP contribution < -0.4 is 11.1 Å². The molecule has 1 aliphatic carbocycles. The first kappa shape index (κ1) is 15.3. The van der Waals surface area contributed by atoms with E-state index in [0.29, 0.717) is 6.61 Å². The molecule has 3 atom stereocenters. The highest BCUT2D eigenvalue weighted by molar-refractivity contribution is 5.90. The van der Waals surface area contributed by atoms with E-state index in [2.05, 4.69) is 5.32 Å². The molecule has 0 spiro atoms. The fourth-order valence-corrected chi connectivity index (χ4v) is 3.37. The monoisotopic (exact) mass is 284 g/mol. The Labute approximate surface area is 119 Å². The highest BCUT2D eigenvalue weighted by Gasteiger charge is 2.71. The minimum atomic E-state index is -1.01. The predicted octanol–water partition coefficient (Wildman–Crippen LogP) is 0.356. The minimum absolute atomic E-state index is 0.0189. The van der Waals surface area contributed by atoms with E-state index in [0.717, 1.165) is 6.42 Å². The number of carbonyl (C=O) groups is 2. The number of nitrogens with one attached hydrogen (secondary N) is 1. The molecule has 1 amide bonds. The largest absolute Gasteiger partial charge is 0.481 e. The Bertz CT molecular complexity index is 446. The van der Waals surface area contributed by atoms with Crippen molar-refractivity contribution in [2.24, 2.45) is 22.5 Å². The van der Waals surface area contributed by atoms with E-state index in [1.807, 2.05) is 13.8 Å². The number of fused-ring (bicyclic) bond motifs is 1. The molecule has 114 valence electrons. The summed E-state index contributed by atoms with van der Waals surface area (Å²) in [5.74, 6) is -1.20. The summed E-state index contributed by atoms with van der Waals surface area (Å²) in [6.07, 6.45) is 0.797. The van der Waals surface area contributed by atoms with E-state index in [1.165, 1.54) is 0 Å². The zero-order valence-corrected chi connectivity index (χ0v) is 12.5. The number of hydrogen-bond acceptors (Lipinski definition) is 4. The van der Waals surface area contributed by atoms with Gasteiger partial charge in [-0.15, -0.1) is 0 Å². The predicted molar refractivity (Wildman–Crippen MR) is 73.0 cm³/mol. The molecule has 2 rings (SSSR count). The number of amides is 1. The van der Waals surface area contributed by atoms with Crippen molar-refractivity contribution in [1.29, 1.82) is 0 Å². The molecule has 0 aromatic heterocycles.